The Labute approximate surface area is 294 Å². The summed E-state index contributed by atoms with van der Waals surface area (Å²) in [4.78, 5) is 30.7. The van der Waals surface area contributed by atoms with Gasteiger partial charge in [-0.25, -0.2) is 4.90 Å². The molecule has 0 amide bonds. The van der Waals surface area contributed by atoms with Crippen LogP contribution in [0.4, 0.5) is 11.4 Å². The number of anilines is 2. The molecule has 4 heterocycles. The highest BCUT2D eigenvalue weighted by Gasteiger charge is 2.36. The molecule has 0 atom stereocenters. The van der Waals surface area contributed by atoms with Crippen LogP contribution in [0, 0.1) is 0 Å². The van der Waals surface area contributed by atoms with Gasteiger partial charge in [-0.2, -0.15) is 30.0 Å². The zero-order chi connectivity index (χ0) is 34.0. The Kier molecular flexibility index (Phi) is 7.63. The van der Waals surface area contributed by atoms with Crippen molar-refractivity contribution in [1.29, 1.82) is 0 Å². The Hall–Kier alpha value is -7.20. The Balaban J connectivity index is 1.06. The number of hydrogen-bond acceptors (Lipinski definition) is 9. The van der Waals surface area contributed by atoms with Crippen LogP contribution < -0.4 is 10.6 Å². The van der Waals surface area contributed by atoms with Crippen molar-refractivity contribution in [1.82, 2.24) is 9.47 Å². The molecule has 0 aliphatic carbocycles. The molecular weight excluding hydrogens is 633 g/mol. The van der Waals surface area contributed by atoms with Crippen LogP contribution in [0.5, 0.6) is 0 Å². The van der Waals surface area contributed by atoms with Crippen LogP contribution in [-0.4, -0.2) is 45.1 Å². The minimum absolute atomic E-state index is 0.350. The average molecular weight is 663 g/mol. The molecule has 0 bridgehead atoms. The van der Waals surface area contributed by atoms with Gasteiger partial charge < -0.3 is 15.2 Å². The summed E-state index contributed by atoms with van der Waals surface area (Å²) in [5.74, 6) is 2.29. The predicted molar refractivity (Wildman–Crippen MR) is 207 cm³/mol. The molecule has 5 aromatic carbocycles. The summed E-state index contributed by atoms with van der Waals surface area (Å²) in [6, 6.07) is 51.1. The van der Waals surface area contributed by atoms with Gasteiger partial charge in [0.15, 0.2) is 5.84 Å². The fraction of sp³-hybridized carbons (Fsp3) is 0.0244. The van der Waals surface area contributed by atoms with E-state index in [1.165, 1.54) is 5.56 Å². The third kappa shape index (κ3) is 6.25. The molecule has 0 saturated carbocycles. The highest BCUT2D eigenvalue weighted by molar-refractivity contribution is 6.33. The maximum absolute atomic E-state index is 4.92. The molecule has 0 saturated heterocycles. The average Bonchev–Trinajstić information content (AvgIpc) is 3.64. The molecule has 0 unspecified atom stereocenters. The summed E-state index contributed by atoms with van der Waals surface area (Å²) in [5, 5.41) is 6.71. The summed E-state index contributed by atoms with van der Waals surface area (Å²) in [7, 11) is 0. The van der Waals surface area contributed by atoms with Gasteiger partial charge >= 0.3 is 0 Å². The number of aromatic nitrogens is 1. The fourth-order valence-corrected chi connectivity index (χ4v) is 6.06. The molecule has 244 valence electrons. The lowest BCUT2D eigenvalue weighted by molar-refractivity contribution is 0.790. The van der Waals surface area contributed by atoms with Crippen LogP contribution in [0.25, 0.3) is 22.3 Å². The number of hydrogen-bond donors (Lipinski definition) is 2. The predicted octanol–water partition coefficient (Wildman–Crippen LogP) is 7.96. The lowest BCUT2D eigenvalue weighted by atomic mass is 10.1. The van der Waals surface area contributed by atoms with E-state index in [1.54, 1.807) is 4.90 Å². The molecule has 3 aliphatic heterocycles. The van der Waals surface area contributed by atoms with Crippen LogP contribution in [-0.2, 0) is 6.54 Å². The van der Waals surface area contributed by atoms with Gasteiger partial charge in [0.1, 0.15) is 0 Å². The van der Waals surface area contributed by atoms with Crippen LogP contribution in [0.1, 0.15) is 11.3 Å². The first-order chi connectivity index (χ1) is 25.2. The monoisotopic (exact) mass is 662 g/mol. The van der Waals surface area contributed by atoms with Crippen LogP contribution in [0.3, 0.4) is 0 Å². The van der Waals surface area contributed by atoms with Gasteiger partial charge in [-0.15, -0.1) is 0 Å². The van der Waals surface area contributed by atoms with E-state index < -0.39 is 0 Å². The number of nitrogens with one attached hydrogen (secondary N) is 2. The summed E-state index contributed by atoms with van der Waals surface area (Å²) >= 11 is 0. The normalized spacial score (nSPS) is 14.6. The molecule has 2 N–H and O–H groups in total. The fourth-order valence-electron chi connectivity index (χ4n) is 6.06. The number of rotatable bonds is 7. The van der Waals surface area contributed by atoms with E-state index in [1.807, 2.05) is 97.2 Å². The molecule has 0 spiro atoms. The van der Waals surface area contributed by atoms with Crippen molar-refractivity contribution in [2.45, 2.75) is 6.54 Å². The second-order valence-electron chi connectivity index (χ2n) is 12.0. The second-order valence-corrected chi connectivity index (χ2v) is 12.0. The van der Waals surface area contributed by atoms with E-state index >= 15 is 0 Å². The van der Waals surface area contributed by atoms with E-state index in [4.69, 9.17) is 30.0 Å². The van der Waals surface area contributed by atoms with Gasteiger partial charge in [-0.1, -0.05) is 115 Å². The smallest absolute Gasteiger partial charge is 0.246 e. The molecule has 0 radical (unpaired) electrons. The molecule has 51 heavy (non-hydrogen) atoms. The molecule has 1 aromatic heterocycles. The SMILES string of the molecule is c1ccc(Cn2cccc2C2=NC3=NC(Nc4ccc(-c5ccccc5)cc4)=NC4=NC(Nc5ccc(-c6ccccc6)cc5)=NC(=N2)N43)cc1. The van der Waals surface area contributed by atoms with Crippen LogP contribution in [0.2, 0.25) is 0 Å². The lowest BCUT2D eigenvalue weighted by Crippen LogP contribution is -2.49. The zero-order valence-electron chi connectivity index (χ0n) is 27.3. The van der Waals surface area contributed by atoms with E-state index in [2.05, 4.69) is 75.9 Å². The van der Waals surface area contributed by atoms with E-state index in [9.17, 15) is 0 Å². The summed E-state index contributed by atoms with van der Waals surface area (Å²) in [6.07, 6.45) is 2.02. The highest BCUT2D eigenvalue weighted by atomic mass is 15.5. The molecule has 6 aromatic rings. The quantitative estimate of drug-likeness (QED) is 0.181. The van der Waals surface area contributed by atoms with Crippen molar-refractivity contribution in [3.8, 4) is 22.3 Å². The van der Waals surface area contributed by atoms with Crippen molar-refractivity contribution in [2.24, 2.45) is 30.0 Å². The van der Waals surface area contributed by atoms with Crippen molar-refractivity contribution < 1.29 is 0 Å². The molecule has 0 fully saturated rings. The number of amidine groups is 1. The minimum atomic E-state index is 0.350. The third-order valence-electron chi connectivity index (χ3n) is 8.59. The Bertz CT molecular complexity index is 2320. The second kappa shape index (κ2) is 13.0. The Morgan fingerprint density at radius 2 is 0.882 bits per heavy atom. The van der Waals surface area contributed by atoms with Crippen LogP contribution >= 0.6 is 0 Å². The van der Waals surface area contributed by atoms with E-state index in [0.29, 0.717) is 42.2 Å². The van der Waals surface area contributed by atoms with Gasteiger partial charge in [-0.3, -0.25) is 0 Å². The lowest BCUT2D eigenvalue weighted by Gasteiger charge is -2.30. The van der Waals surface area contributed by atoms with Crippen molar-refractivity contribution in [2.75, 3.05) is 10.6 Å². The first kappa shape index (κ1) is 29.9. The molecule has 3 aliphatic rings. The Morgan fingerprint density at radius 3 is 1.43 bits per heavy atom. The zero-order valence-corrected chi connectivity index (χ0v) is 27.3. The van der Waals surface area contributed by atoms with Gasteiger partial charge in [0.25, 0.3) is 0 Å². The van der Waals surface area contributed by atoms with Gasteiger partial charge in [0.2, 0.25) is 29.8 Å². The third-order valence-corrected chi connectivity index (χ3v) is 8.59. The van der Waals surface area contributed by atoms with Crippen LogP contribution in [0.15, 0.2) is 188 Å². The maximum Gasteiger partial charge on any atom is 0.246 e. The summed E-state index contributed by atoms with van der Waals surface area (Å²) in [6.45, 7) is 0.665. The first-order valence-electron chi connectivity index (χ1n) is 16.6. The highest BCUT2D eigenvalue weighted by Crippen LogP contribution is 2.25. The molecule has 10 nitrogen and oxygen atoms in total. The van der Waals surface area contributed by atoms with Gasteiger partial charge in [0, 0.05) is 24.1 Å². The Morgan fingerprint density at radius 1 is 0.412 bits per heavy atom. The summed E-state index contributed by atoms with van der Waals surface area (Å²) in [5.41, 5.74) is 8.20. The van der Waals surface area contributed by atoms with Gasteiger partial charge in [0.05, 0.1) is 5.69 Å². The number of benzene rings is 5. The van der Waals surface area contributed by atoms with Crippen molar-refractivity contribution >= 4 is 47.0 Å². The molecule has 10 heteroatoms. The van der Waals surface area contributed by atoms with E-state index in [-0.39, 0.29) is 0 Å². The maximum atomic E-state index is 4.92. The standard InChI is InChI=1S/C41H30N10/c1-4-11-28(12-5-1)27-50-26-10-17-35(50)36-44-39-46-37(42-33-22-18-31(19-23-33)29-13-6-2-7-14-29)48-41-49-38(47-40(45-36)51(39)41)43-34-24-20-32(21-25-34)30-15-8-3-9-16-30/h1-26H,27H2,(H2,42,43,44,45,46,47,48,49). The van der Waals surface area contributed by atoms with Gasteiger partial charge in [-0.05, 0) is 64.2 Å². The topological polar surface area (TPSA) is 106 Å². The first-order valence-corrected chi connectivity index (χ1v) is 16.6. The minimum Gasteiger partial charge on any atom is -0.341 e. The summed E-state index contributed by atoms with van der Waals surface area (Å²) < 4.78 is 2.12. The van der Waals surface area contributed by atoms with E-state index in [0.717, 1.165) is 39.3 Å². The van der Waals surface area contributed by atoms with Crippen molar-refractivity contribution in [3.63, 3.8) is 0 Å². The number of guanidine groups is 5. The molecular formula is C41H30N10. The number of aliphatic imine (C=N–C) groups is 6. The number of nitrogens with zero attached hydrogens (tertiary/aromatic N) is 8. The van der Waals surface area contributed by atoms with Crippen molar-refractivity contribution in [3.05, 3.63) is 169 Å². The molecule has 9 rings (SSSR count). The largest absolute Gasteiger partial charge is 0.341 e.